The summed E-state index contributed by atoms with van der Waals surface area (Å²) >= 11 is 0. The Morgan fingerprint density at radius 3 is 2.52 bits per heavy atom. The van der Waals surface area contributed by atoms with Crippen molar-refractivity contribution in [3.05, 3.63) is 77.9 Å². The number of nitriles is 1. The van der Waals surface area contributed by atoms with Crippen molar-refractivity contribution in [3.63, 3.8) is 0 Å². The van der Waals surface area contributed by atoms with Crippen LogP contribution in [0.1, 0.15) is 11.1 Å². The molecular formula is C18H14N2O2S. The average molecular weight is 322 g/mol. The van der Waals surface area contributed by atoms with Crippen LogP contribution in [0.5, 0.6) is 0 Å². The van der Waals surface area contributed by atoms with Crippen LogP contribution in [0.25, 0.3) is 10.8 Å². The van der Waals surface area contributed by atoms with Crippen LogP contribution in [-0.4, -0.2) is 8.42 Å². The molecule has 0 aliphatic heterocycles. The van der Waals surface area contributed by atoms with E-state index in [9.17, 15) is 8.42 Å². The van der Waals surface area contributed by atoms with E-state index < -0.39 is 10.0 Å². The maximum Gasteiger partial charge on any atom is 0.240 e. The Bertz CT molecular complexity index is 999. The van der Waals surface area contributed by atoms with Gasteiger partial charge in [-0.25, -0.2) is 13.1 Å². The number of fused-ring (bicyclic) bond motifs is 1. The minimum absolute atomic E-state index is 0.0942. The second-order valence-corrected chi connectivity index (χ2v) is 6.87. The van der Waals surface area contributed by atoms with Crippen LogP contribution >= 0.6 is 0 Å². The first kappa shape index (κ1) is 15.2. The van der Waals surface area contributed by atoms with E-state index in [2.05, 4.69) is 4.72 Å². The fourth-order valence-electron chi connectivity index (χ4n) is 2.44. The van der Waals surface area contributed by atoms with Crippen LogP contribution in [0, 0.1) is 11.3 Å². The lowest BCUT2D eigenvalue weighted by Crippen LogP contribution is -2.23. The molecule has 3 aromatic rings. The zero-order valence-electron chi connectivity index (χ0n) is 12.2. The highest BCUT2D eigenvalue weighted by Gasteiger charge is 2.14. The zero-order chi connectivity index (χ0) is 16.3. The lowest BCUT2D eigenvalue weighted by molar-refractivity contribution is 0.581. The fraction of sp³-hybridized carbons (Fsp3) is 0.0556. The minimum atomic E-state index is -3.66. The summed E-state index contributed by atoms with van der Waals surface area (Å²) in [6.45, 7) is 0.195. The first-order chi connectivity index (χ1) is 11.1. The molecule has 0 bridgehead atoms. The fourth-order valence-corrected chi connectivity index (χ4v) is 3.49. The molecule has 114 valence electrons. The van der Waals surface area contributed by atoms with Crippen molar-refractivity contribution in [1.29, 1.82) is 5.26 Å². The van der Waals surface area contributed by atoms with Crippen molar-refractivity contribution < 1.29 is 8.42 Å². The van der Waals surface area contributed by atoms with Crippen molar-refractivity contribution in [2.24, 2.45) is 0 Å². The molecule has 0 heterocycles. The molecule has 0 spiro atoms. The van der Waals surface area contributed by atoms with E-state index in [0.29, 0.717) is 5.56 Å². The monoisotopic (exact) mass is 322 g/mol. The molecule has 4 nitrogen and oxygen atoms in total. The van der Waals surface area contributed by atoms with Gasteiger partial charge in [0.2, 0.25) is 10.0 Å². The van der Waals surface area contributed by atoms with Crippen LogP contribution in [0.3, 0.4) is 0 Å². The quantitative estimate of drug-likeness (QED) is 0.802. The Labute approximate surface area is 135 Å². The minimum Gasteiger partial charge on any atom is -0.207 e. The van der Waals surface area contributed by atoms with Gasteiger partial charge in [0.25, 0.3) is 0 Å². The highest BCUT2D eigenvalue weighted by Crippen LogP contribution is 2.19. The second kappa shape index (κ2) is 6.21. The van der Waals surface area contributed by atoms with E-state index in [0.717, 1.165) is 16.3 Å². The molecule has 0 radical (unpaired) electrons. The Morgan fingerprint density at radius 2 is 1.70 bits per heavy atom. The van der Waals surface area contributed by atoms with E-state index in [1.54, 1.807) is 12.1 Å². The van der Waals surface area contributed by atoms with Crippen molar-refractivity contribution in [3.8, 4) is 6.07 Å². The molecule has 0 aliphatic rings. The third-order valence-corrected chi connectivity index (χ3v) is 5.00. The van der Waals surface area contributed by atoms with Gasteiger partial charge >= 0.3 is 0 Å². The molecule has 3 rings (SSSR count). The molecule has 0 saturated carbocycles. The largest absolute Gasteiger partial charge is 0.240 e. The molecule has 23 heavy (non-hydrogen) atoms. The summed E-state index contributed by atoms with van der Waals surface area (Å²) < 4.78 is 27.4. The third kappa shape index (κ3) is 3.24. The molecule has 0 unspecified atom stereocenters. The number of rotatable bonds is 4. The first-order valence-corrected chi connectivity index (χ1v) is 8.55. The summed E-state index contributed by atoms with van der Waals surface area (Å²) in [7, 11) is -3.66. The highest BCUT2D eigenvalue weighted by atomic mass is 32.2. The maximum atomic E-state index is 12.4. The molecule has 0 aliphatic carbocycles. The number of nitrogens with zero attached hydrogens (tertiary/aromatic N) is 1. The number of benzene rings is 3. The number of hydrogen-bond acceptors (Lipinski definition) is 3. The van der Waals surface area contributed by atoms with Crippen LogP contribution in [0.4, 0.5) is 0 Å². The topological polar surface area (TPSA) is 70.0 Å². The predicted molar refractivity (Wildman–Crippen MR) is 89.1 cm³/mol. The summed E-state index contributed by atoms with van der Waals surface area (Å²) in [5.41, 5.74) is 1.22. The average Bonchev–Trinajstić information content (AvgIpc) is 2.60. The molecule has 0 amide bonds. The van der Waals surface area contributed by atoms with Crippen LogP contribution in [-0.2, 0) is 16.6 Å². The van der Waals surface area contributed by atoms with Crippen molar-refractivity contribution in [1.82, 2.24) is 4.72 Å². The lowest BCUT2D eigenvalue weighted by atomic mass is 10.1. The first-order valence-electron chi connectivity index (χ1n) is 7.07. The maximum absolute atomic E-state index is 12.4. The van der Waals surface area contributed by atoms with E-state index in [1.165, 1.54) is 12.1 Å². The number of nitrogens with one attached hydrogen (secondary N) is 1. The summed E-state index contributed by atoms with van der Waals surface area (Å²) in [5, 5.41) is 11.0. The highest BCUT2D eigenvalue weighted by molar-refractivity contribution is 7.89. The standard InChI is InChI=1S/C18H14N2O2S/c19-12-14-5-3-9-17(11-14)23(21,22)20-13-16-8-4-7-15-6-1-2-10-18(15)16/h1-11,20H,13H2. The summed E-state index contributed by atoms with van der Waals surface area (Å²) in [6.07, 6.45) is 0. The van der Waals surface area contributed by atoms with Gasteiger partial charge in [-0.1, -0.05) is 48.5 Å². The molecule has 0 aromatic heterocycles. The SMILES string of the molecule is N#Cc1cccc(S(=O)(=O)NCc2cccc3ccccc23)c1. The molecule has 0 saturated heterocycles. The summed E-state index contributed by atoms with van der Waals surface area (Å²) in [5.74, 6) is 0. The Balaban J connectivity index is 1.88. The summed E-state index contributed by atoms with van der Waals surface area (Å²) in [6, 6.07) is 21.6. The van der Waals surface area contributed by atoms with Gasteiger partial charge in [-0.05, 0) is 34.5 Å². The lowest BCUT2D eigenvalue weighted by Gasteiger charge is -2.09. The van der Waals surface area contributed by atoms with E-state index >= 15 is 0 Å². The smallest absolute Gasteiger partial charge is 0.207 e. The normalized spacial score (nSPS) is 11.3. The van der Waals surface area contributed by atoms with E-state index in [4.69, 9.17) is 5.26 Å². The van der Waals surface area contributed by atoms with Gasteiger partial charge < -0.3 is 0 Å². The Morgan fingerprint density at radius 1 is 0.957 bits per heavy atom. The second-order valence-electron chi connectivity index (χ2n) is 5.10. The number of hydrogen-bond donors (Lipinski definition) is 1. The van der Waals surface area contributed by atoms with Gasteiger partial charge in [-0.15, -0.1) is 0 Å². The number of sulfonamides is 1. The predicted octanol–water partition coefficient (Wildman–Crippen LogP) is 3.19. The third-order valence-electron chi connectivity index (χ3n) is 3.61. The van der Waals surface area contributed by atoms with Crippen LogP contribution < -0.4 is 4.72 Å². The van der Waals surface area contributed by atoms with E-state index in [1.807, 2.05) is 48.5 Å². The van der Waals surface area contributed by atoms with Crippen molar-refractivity contribution in [2.45, 2.75) is 11.4 Å². The van der Waals surface area contributed by atoms with E-state index in [-0.39, 0.29) is 11.4 Å². The van der Waals surface area contributed by atoms with Gasteiger partial charge in [0.15, 0.2) is 0 Å². The molecule has 5 heteroatoms. The molecule has 0 atom stereocenters. The Kier molecular flexibility index (Phi) is 4.11. The Hall–Kier alpha value is -2.68. The van der Waals surface area contributed by atoms with Gasteiger partial charge in [-0.3, -0.25) is 0 Å². The van der Waals surface area contributed by atoms with Gasteiger partial charge in [0, 0.05) is 6.54 Å². The van der Waals surface area contributed by atoms with Gasteiger partial charge in [0.05, 0.1) is 16.5 Å². The molecule has 3 aromatic carbocycles. The van der Waals surface area contributed by atoms with Crippen LogP contribution in [0.15, 0.2) is 71.6 Å². The molecular weight excluding hydrogens is 308 g/mol. The zero-order valence-corrected chi connectivity index (χ0v) is 13.0. The molecule has 0 fully saturated rings. The van der Waals surface area contributed by atoms with Crippen LogP contribution in [0.2, 0.25) is 0 Å². The molecule has 1 N–H and O–H groups in total. The van der Waals surface area contributed by atoms with Crippen molar-refractivity contribution >= 4 is 20.8 Å². The van der Waals surface area contributed by atoms with Crippen molar-refractivity contribution in [2.75, 3.05) is 0 Å². The van der Waals surface area contributed by atoms with Gasteiger partial charge in [0.1, 0.15) is 0 Å². The summed E-state index contributed by atoms with van der Waals surface area (Å²) in [4.78, 5) is 0.0942. The van der Waals surface area contributed by atoms with Gasteiger partial charge in [-0.2, -0.15) is 5.26 Å².